The highest BCUT2D eigenvalue weighted by Crippen LogP contribution is 2.33. The average Bonchev–Trinajstić information content (AvgIpc) is 3.83. The molecule has 0 spiro atoms. The van der Waals surface area contributed by atoms with Crippen LogP contribution in [0.15, 0.2) is 167 Å². The van der Waals surface area contributed by atoms with Gasteiger partial charge in [-0.25, -0.2) is 0 Å². The van der Waals surface area contributed by atoms with E-state index in [4.69, 9.17) is 27.9 Å². The molecular weight excluding hydrogens is 759 g/mol. The summed E-state index contributed by atoms with van der Waals surface area (Å²) in [6.45, 7) is 13.3. The van der Waals surface area contributed by atoms with Crippen molar-refractivity contribution in [3.8, 4) is 22.3 Å². The third-order valence-electron chi connectivity index (χ3n) is 11.4. The van der Waals surface area contributed by atoms with Crippen LogP contribution in [0.4, 0.5) is 17.1 Å². The van der Waals surface area contributed by atoms with E-state index in [9.17, 15) is 0 Å². The molecule has 0 fully saturated rings. The van der Waals surface area contributed by atoms with Crippen molar-refractivity contribution in [1.82, 2.24) is 0 Å². The molecule has 0 saturated heterocycles. The van der Waals surface area contributed by atoms with Crippen molar-refractivity contribution in [1.29, 1.82) is 0 Å². The van der Waals surface area contributed by atoms with E-state index in [1.54, 1.807) is 0 Å². The van der Waals surface area contributed by atoms with E-state index in [2.05, 4.69) is 184 Å². The van der Waals surface area contributed by atoms with Gasteiger partial charge in [-0.3, -0.25) is 27.9 Å². The number of hydrogen-bond donors (Lipinski definition) is 0. The summed E-state index contributed by atoms with van der Waals surface area (Å²) in [5.74, 6) is 0. The molecule has 0 saturated carbocycles. The topological polar surface area (TPSA) is 77.4 Å². The van der Waals surface area contributed by atoms with Crippen molar-refractivity contribution < 1.29 is 0 Å². The van der Waals surface area contributed by atoms with Crippen LogP contribution in [0.5, 0.6) is 0 Å². The summed E-state index contributed by atoms with van der Waals surface area (Å²) in [7, 11) is -6.98. The van der Waals surface area contributed by atoms with E-state index in [1.165, 1.54) is 32.3 Å². The molecule has 0 aliphatic carbocycles. The Morgan fingerprint density at radius 3 is 1.36 bits per heavy atom. The van der Waals surface area contributed by atoms with Crippen LogP contribution in [-0.4, -0.2) is 25.2 Å². The SMILES string of the molecule is C[Si]1(C)N=c2cccc(N(c3ccc(-c4ccc5ccccc5c4)c4c3=N[Si](C)(C)N=4)c3ccc(-c4ccc5cc6ccccc6cc5c4)c4c3=N[Si](C)(C)N=4)c2=N1. The number of benzene rings is 8. The van der Waals surface area contributed by atoms with Crippen molar-refractivity contribution >= 4 is 74.6 Å². The molecule has 0 aromatic heterocycles. The summed E-state index contributed by atoms with van der Waals surface area (Å²) >= 11 is 0. The average molecular weight is 800 g/mol. The Morgan fingerprint density at radius 1 is 0.328 bits per heavy atom. The third-order valence-corrected chi connectivity index (χ3v) is 16.0. The lowest BCUT2D eigenvalue weighted by Crippen LogP contribution is -2.38. The van der Waals surface area contributed by atoms with Crippen LogP contribution < -0.4 is 37.0 Å². The lowest BCUT2D eigenvalue weighted by atomic mass is 9.97. The van der Waals surface area contributed by atoms with Crippen molar-refractivity contribution in [3.05, 3.63) is 172 Å². The van der Waals surface area contributed by atoms with Crippen LogP contribution in [0.3, 0.4) is 0 Å². The number of rotatable bonds is 5. The molecule has 3 aliphatic heterocycles. The Hall–Kier alpha value is -6.21. The monoisotopic (exact) mass is 799 g/mol. The molecule has 0 N–H and O–H groups in total. The van der Waals surface area contributed by atoms with E-state index in [0.717, 1.165) is 71.5 Å². The molecule has 0 unspecified atom stereocenters. The van der Waals surface area contributed by atoms with Crippen LogP contribution in [0.25, 0.3) is 54.6 Å². The van der Waals surface area contributed by atoms with Crippen molar-refractivity contribution in [2.45, 2.75) is 39.3 Å². The molecule has 58 heavy (non-hydrogen) atoms. The van der Waals surface area contributed by atoms with Gasteiger partial charge in [-0.15, -0.1) is 0 Å². The zero-order valence-electron chi connectivity index (χ0n) is 33.4. The Balaban J connectivity index is 1.17. The van der Waals surface area contributed by atoms with Gasteiger partial charge in [0.15, 0.2) is 0 Å². The fourth-order valence-corrected chi connectivity index (χ4v) is 13.7. The van der Waals surface area contributed by atoms with Gasteiger partial charge in [0.05, 0.1) is 49.2 Å². The van der Waals surface area contributed by atoms with Gasteiger partial charge < -0.3 is 4.90 Å². The molecule has 3 aliphatic rings. The number of hydrogen-bond acceptors (Lipinski definition) is 7. The van der Waals surface area contributed by atoms with Crippen LogP contribution >= 0.6 is 0 Å². The molecule has 3 heterocycles. The zero-order chi connectivity index (χ0) is 39.6. The Bertz CT molecular complexity index is 3530. The lowest BCUT2D eigenvalue weighted by molar-refractivity contribution is 1.17. The van der Waals surface area contributed by atoms with E-state index in [-0.39, 0.29) is 0 Å². The molecule has 11 rings (SSSR count). The standard InChI is InChI=1S/C48H41N7Si3/c1-56(2)49-40-16-11-17-41(46(40)52-56)55(42-24-22-38(44-47(42)53-57(3,4)50-44)35-20-18-30-12-7-8-13-31(30)27-35)43-25-23-39(45-48(43)54-58(5,6)51-45)36-21-19-34-26-32-14-9-10-15-33(32)28-37(34)29-36/h7-29H,1-6H3. The summed E-state index contributed by atoms with van der Waals surface area (Å²) in [5.41, 5.74) is 7.34. The molecule has 8 aromatic carbocycles. The summed E-state index contributed by atoms with van der Waals surface area (Å²) in [6, 6.07) is 50.4. The first kappa shape index (κ1) is 35.0. The second-order valence-corrected chi connectivity index (χ2v) is 27.4. The van der Waals surface area contributed by atoms with Gasteiger partial charge in [0.2, 0.25) is 0 Å². The van der Waals surface area contributed by atoms with E-state index >= 15 is 0 Å². The second kappa shape index (κ2) is 12.4. The number of fused-ring (bicyclic) bond motifs is 6. The summed E-state index contributed by atoms with van der Waals surface area (Å²) < 4.78 is 32.4. The van der Waals surface area contributed by atoms with Crippen molar-refractivity contribution in [3.63, 3.8) is 0 Å². The van der Waals surface area contributed by atoms with E-state index < -0.39 is 25.2 Å². The summed E-state index contributed by atoms with van der Waals surface area (Å²) in [5, 5.41) is 12.9. The zero-order valence-corrected chi connectivity index (χ0v) is 36.4. The Kier molecular flexibility index (Phi) is 7.48. The van der Waals surface area contributed by atoms with Crippen LogP contribution in [0, 0.1) is 0 Å². The van der Waals surface area contributed by atoms with Gasteiger partial charge in [-0.05, 0) is 131 Å². The molecular formula is C48H41N7Si3. The quantitative estimate of drug-likeness (QED) is 0.127. The van der Waals surface area contributed by atoms with Crippen LogP contribution in [0.2, 0.25) is 39.3 Å². The van der Waals surface area contributed by atoms with Crippen LogP contribution in [-0.2, 0) is 0 Å². The fraction of sp³-hybridized carbons (Fsp3) is 0.125. The maximum absolute atomic E-state index is 5.52. The molecule has 0 amide bonds. The Labute approximate surface area is 339 Å². The first-order valence-electron chi connectivity index (χ1n) is 20.0. The molecule has 8 aromatic rings. The number of nitrogens with zero attached hydrogens (tertiary/aromatic N) is 7. The summed E-state index contributed by atoms with van der Waals surface area (Å²) in [6.07, 6.45) is 0. The maximum atomic E-state index is 5.52. The third kappa shape index (κ3) is 5.73. The lowest BCUT2D eigenvalue weighted by Gasteiger charge is -2.26. The first-order valence-corrected chi connectivity index (χ1v) is 28.6. The maximum Gasteiger partial charge on any atom is 0.298 e. The molecule has 0 radical (unpaired) electrons. The number of anilines is 3. The summed E-state index contributed by atoms with van der Waals surface area (Å²) in [4.78, 5) is 2.34. The smallest absolute Gasteiger partial charge is 0.298 e. The van der Waals surface area contributed by atoms with Crippen molar-refractivity contribution in [2.24, 2.45) is 27.9 Å². The first-order chi connectivity index (χ1) is 27.9. The van der Waals surface area contributed by atoms with Gasteiger partial charge in [-0.2, -0.15) is 0 Å². The fourth-order valence-electron chi connectivity index (χ4n) is 8.91. The van der Waals surface area contributed by atoms with Gasteiger partial charge in [0.1, 0.15) is 0 Å². The molecule has 10 heteroatoms. The second-order valence-electron chi connectivity index (χ2n) is 17.1. The van der Waals surface area contributed by atoms with Gasteiger partial charge in [0.25, 0.3) is 25.2 Å². The highest BCUT2D eigenvalue weighted by Gasteiger charge is 2.33. The van der Waals surface area contributed by atoms with E-state index in [0.29, 0.717) is 0 Å². The van der Waals surface area contributed by atoms with Gasteiger partial charge >= 0.3 is 0 Å². The minimum atomic E-state index is -2.39. The van der Waals surface area contributed by atoms with Crippen molar-refractivity contribution in [2.75, 3.05) is 4.90 Å². The Morgan fingerprint density at radius 2 is 0.759 bits per heavy atom. The van der Waals surface area contributed by atoms with Crippen LogP contribution in [0.1, 0.15) is 0 Å². The largest absolute Gasteiger partial charge is 0.304 e. The normalized spacial score (nSPS) is 16.3. The molecule has 280 valence electrons. The molecule has 7 nitrogen and oxygen atoms in total. The predicted octanol–water partition coefficient (Wildman–Crippen LogP) is 8.81. The molecule has 0 atom stereocenters. The van der Waals surface area contributed by atoms with E-state index in [1.807, 2.05) is 0 Å². The highest BCUT2D eigenvalue weighted by atomic mass is 28.4. The van der Waals surface area contributed by atoms with Gasteiger partial charge in [0, 0.05) is 11.1 Å². The minimum absolute atomic E-state index is 0.913. The predicted molar refractivity (Wildman–Crippen MR) is 244 cm³/mol. The minimum Gasteiger partial charge on any atom is -0.304 e. The highest BCUT2D eigenvalue weighted by molar-refractivity contribution is 6.75. The van der Waals surface area contributed by atoms with Gasteiger partial charge in [-0.1, -0.05) is 91.0 Å². The molecule has 0 bridgehead atoms.